The highest BCUT2D eigenvalue weighted by atomic mass is 16.6. The van der Waals surface area contributed by atoms with Crippen molar-refractivity contribution in [3.05, 3.63) is 57.1 Å². The lowest BCUT2D eigenvalue weighted by molar-refractivity contribution is -0.385. The zero-order valence-corrected chi connectivity index (χ0v) is 16.1. The minimum atomic E-state index is -0.510. The second-order valence-corrected chi connectivity index (χ2v) is 6.56. The molecular weight excluding hydrogens is 364 g/mol. The SMILES string of the molecule is COc1cc2c(cc1OC)CN(C(=O)COc1ccc(C)cc1[N+](=O)[O-])CC2. The van der Waals surface area contributed by atoms with E-state index in [2.05, 4.69) is 0 Å². The summed E-state index contributed by atoms with van der Waals surface area (Å²) in [5.74, 6) is 1.14. The molecule has 0 saturated heterocycles. The van der Waals surface area contributed by atoms with Crippen LogP contribution >= 0.6 is 0 Å². The average Bonchev–Trinajstić information content (AvgIpc) is 2.70. The number of fused-ring (bicyclic) bond motifs is 1. The summed E-state index contributed by atoms with van der Waals surface area (Å²) >= 11 is 0. The maximum atomic E-state index is 12.6. The van der Waals surface area contributed by atoms with Crippen LogP contribution in [-0.2, 0) is 17.8 Å². The van der Waals surface area contributed by atoms with Crippen molar-refractivity contribution in [1.29, 1.82) is 0 Å². The molecule has 8 heteroatoms. The van der Waals surface area contributed by atoms with Gasteiger partial charge in [0.15, 0.2) is 23.9 Å². The van der Waals surface area contributed by atoms with Gasteiger partial charge in [-0.15, -0.1) is 0 Å². The van der Waals surface area contributed by atoms with Crippen molar-refractivity contribution >= 4 is 11.6 Å². The molecule has 28 heavy (non-hydrogen) atoms. The number of methoxy groups -OCH3 is 2. The molecule has 1 aliphatic rings. The molecule has 0 atom stereocenters. The first-order valence-corrected chi connectivity index (χ1v) is 8.82. The number of hydrogen-bond acceptors (Lipinski definition) is 6. The average molecular weight is 386 g/mol. The van der Waals surface area contributed by atoms with E-state index in [9.17, 15) is 14.9 Å². The van der Waals surface area contributed by atoms with E-state index < -0.39 is 4.92 Å². The number of ether oxygens (including phenoxy) is 3. The van der Waals surface area contributed by atoms with Gasteiger partial charge in [-0.05, 0) is 48.2 Å². The van der Waals surface area contributed by atoms with Crippen LogP contribution in [0.1, 0.15) is 16.7 Å². The first-order valence-electron chi connectivity index (χ1n) is 8.82. The molecule has 0 spiro atoms. The zero-order valence-electron chi connectivity index (χ0n) is 16.1. The van der Waals surface area contributed by atoms with Gasteiger partial charge in [-0.2, -0.15) is 0 Å². The normalized spacial score (nSPS) is 12.9. The molecule has 1 amide bonds. The maximum absolute atomic E-state index is 12.6. The number of carbonyl (C=O) groups is 1. The highest BCUT2D eigenvalue weighted by molar-refractivity contribution is 5.78. The molecule has 148 valence electrons. The van der Waals surface area contributed by atoms with E-state index >= 15 is 0 Å². The minimum Gasteiger partial charge on any atom is -0.493 e. The number of nitro groups is 1. The molecule has 0 N–H and O–H groups in total. The number of hydrogen-bond donors (Lipinski definition) is 0. The minimum absolute atomic E-state index is 0.0905. The molecule has 0 radical (unpaired) electrons. The molecule has 3 rings (SSSR count). The van der Waals surface area contributed by atoms with E-state index in [1.165, 1.54) is 12.1 Å². The Bertz CT molecular complexity index is 912. The highest BCUT2D eigenvalue weighted by Gasteiger charge is 2.24. The smallest absolute Gasteiger partial charge is 0.311 e. The summed E-state index contributed by atoms with van der Waals surface area (Å²) in [6.45, 7) is 2.47. The lowest BCUT2D eigenvalue weighted by atomic mass is 9.99. The fraction of sp³-hybridized carbons (Fsp3) is 0.350. The maximum Gasteiger partial charge on any atom is 0.311 e. The van der Waals surface area contributed by atoms with Gasteiger partial charge in [0, 0.05) is 19.2 Å². The summed E-state index contributed by atoms with van der Waals surface area (Å²) in [4.78, 5) is 24.9. The van der Waals surface area contributed by atoms with Crippen LogP contribution in [0.3, 0.4) is 0 Å². The molecule has 0 saturated carbocycles. The van der Waals surface area contributed by atoms with Crippen LogP contribution in [0, 0.1) is 17.0 Å². The number of carbonyl (C=O) groups excluding carboxylic acids is 1. The summed E-state index contributed by atoms with van der Waals surface area (Å²) < 4.78 is 16.1. The van der Waals surface area contributed by atoms with Crippen LogP contribution < -0.4 is 14.2 Å². The largest absolute Gasteiger partial charge is 0.493 e. The van der Waals surface area contributed by atoms with E-state index in [0.29, 0.717) is 31.0 Å². The third-order valence-electron chi connectivity index (χ3n) is 4.73. The molecule has 8 nitrogen and oxygen atoms in total. The van der Waals surface area contributed by atoms with Gasteiger partial charge in [-0.3, -0.25) is 14.9 Å². The fourth-order valence-electron chi connectivity index (χ4n) is 3.22. The van der Waals surface area contributed by atoms with Gasteiger partial charge in [-0.25, -0.2) is 0 Å². The van der Waals surface area contributed by atoms with E-state index in [-0.39, 0.29) is 24.0 Å². The van der Waals surface area contributed by atoms with Crippen molar-refractivity contribution in [2.24, 2.45) is 0 Å². The highest BCUT2D eigenvalue weighted by Crippen LogP contribution is 2.33. The molecule has 0 bridgehead atoms. The first-order chi connectivity index (χ1) is 13.4. The van der Waals surface area contributed by atoms with E-state index in [1.807, 2.05) is 12.1 Å². The van der Waals surface area contributed by atoms with Gasteiger partial charge >= 0.3 is 5.69 Å². The Hall–Kier alpha value is -3.29. The van der Waals surface area contributed by atoms with Crippen LogP contribution in [0.2, 0.25) is 0 Å². The Morgan fingerprint density at radius 2 is 1.79 bits per heavy atom. The van der Waals surface area contributed by atoms with E-state index in [1.54, 1.807) is 32.1 Å². The summed E-state index contributed by atoms with van der Waals surface area (Å²) in [7, 11) is 3.16. The van der Waals surface area contributed by atoms with Gasteiger partial charge in [-0.1, -0.05) is 6.07 Å². The van der Waals surface area contributed by atoms with Crippen LogP contribution in [-0.4, -0.2) is 43.1 Å². The zero-order chi connectivity index (χ0) is 20.3. The standard InChI is InChI=1S/C20H22N2O6/c1-13-4-5-17(16(8-13)22(24)25)28-12-20(23)21-7-6-14-9-18(26-2)19(27-3)10-15(14)11-21/h4-5,8-10H,6-7,11-12H2,1-3H3. The summed E-state index contributed by atoms with van der Waals surface area (Å²) in [5.41, 5.74) is 2.70. The van der Waals surface area contributed by atoms with E-state index in [4.69, 9.17) is 14.2 Å². The molecule has 0 unspecified atom stereocenters. The van der Waals surface area contributed by atoms with Gasteiger partial charge in [0.05, 0.1) is 19.1 Å². The quantitative estimate of drug-likeness (QED) is 0.560. The first kappa shape index (κ1) is 19.5. The lowest BCUT2D eigenvalue weighted by Gasteiger charge is -2.29. The number of rotatable bonds is 6. The Morgan fingerprint density at radius 1 is 1.11 bits per heavy atom. The summed E-state index contributed by atoms with van der Waals surface area (Å²) in [6.07, 6.45) is 0.687. The number of aryl methyl sites for hydroxylation is 1. The molecule has 2 aromatic rings. The van der Waals surface area contributed by atoms with Crippen LogP contribution in [0.4, 0.5) is 5.69 Å². The number of nitrogens with zero attached hydrogens (tertiary/aromatic N) is 2. The second-order valence-electron chi connectivity index (χ2n) is 6.56. The van der Waals surface area contributed by atoms with Crippen molar-refractivity contribution in [2.45, 2.75) is 19.9 Å². The Labute approximate surface area is 162 Å². The second kappa shape index (κ2) is 8.16. The number of amides is 1. The molecule has 0 fully saturated rings. The third-order valence-corrected chi connectivity index (χ3v) is 4.73. The molecule has 1 heterocycles. The third kappa shape index (κ3) is 4.00. The van der Waals surface area contributed by atoms with Crippen molar-refractivity contribution in [1.82, 2.24) is 4.90 Å². The Balaban J connectivity index is 1.69. The fourth-order valence-corrected chi connectivity index (χ4v) is 3.22. The molecule has 0 aliphatic carbocycles. The van der Waals surface area contributed by atoms with Crippen LogP contribution in [0.15, 0.2) is 30.3 Å². The summed E-state index contributed by atoms with van der Waals surface area (Å²) in [6, 6.07) is 8.46. The molecule has 2 aromatic carbocycles. The van der Waals surface area contributed by atoms with Gasteiger partial charge < -0.3 is 19.1 Å². The summed E-state index contributed by atoms with van der Waals surface area (Å²) in [5, 5.41) is 11.2. The van der Waals surface area contributed by atoms with Crippen molar-refractivity contribution in [2.75, 3.05) is 27.4 Å². The monoisotopic (exact) mass is 386 g/mol. The van der Waals surface area contributed by atoms with Crippen molar-refractivity contribution in [3.8, 4) is 17.2 Å². The van der Waals surface area contributed by atoms with Gasteiger partial charge in [0.1, 0.15) is 0 Å². The van der Waals surface area contributed by atoms with Crippen LogP contribution in [0.25, 0.3) is 0 Å². The predicted octanol–water partition coefficient (Wildman–Crippen LogP) is 2.88. The van der Waals surface area contributed by atoms with Gasteiger partial charge in [0.25, 0.3) is 5.91 Å². The number of benzene rings is 2. The molecule has 0 aromatic heterocycles. The Kier molecular flexibility index (Phi) is 5.67. The van der Waals surface area contributed by atoms with E-state index in [0.717, 1.165) is 16.7 Å². The predicted molar refractivity (Wildman–Crippen MR) is 102 cm³/mol. The van der Waals surface area contributed by atoms with Gasteiger partial charge in [0.2, 0.25) is 0 Å². The molecule has 1 aliphatic heterocycles. The topological polar surface area (TPSA) is 91.1 Å². The lowest BCUT2D eigenvalue weighted by Crippen LogP contribution is -2.38. The van der Waals surface area contributed by atoms with Crippen molar-refractivity contribution in [3.63, 3.8) is 0 Å². The van der Waals surface area contributed by atoms with Crippen molar-refractivity contribution < 1.29 is 23.9 Å². The molecular formula is C20H22N2O6. The number of nitro benzene ring substituents is 1. The van der Waals surface area contributed by atoms with Crippen LogP contribution in [0.5, 0.6) is 17.2 Å². The Morgan fingerprint density at radius 3 is 2.43 bits per heavy atom.